The Morgan fingerprint density at radius 3 is 2.29 bits per heavy atom. The molecule has 2 saturated heterocycles. The van der Waals surface area contributed by atoms with Crippen molar-refractivity contribution in [1.29, 1.82) is 0 Å². The number of amides is 2. The third-order valence-electron chi connectivity index (χ3n) is 7.39. The standard InChI is InChI=1S/C26H28N2O7/c1-25(23(30)31)14-34-13-21(25)27-22(29)26(10-11-33-15-26)28-24(32)35-12-20-18-8-4-2-6-16(18)17-7-3-5-9-19(17)20/h2-9,20-21H,10-15H2,1H3,(H,27,29)(H,28,32)(H,30,31). The molecule has 2 heterocycles. The number of fused-ring (bicyclic) bond motifs is 3. The van der Waals surface area contributed by atoms with Gasteiger partial charge in [-0.05, 0) is 29.2 Å². The number of nitrogens with one attached hydrogen (secondary N) is 2. The molecule has 0 spiro atoms. The van der Waals surface area contributed by atoms with Crippen molar-refractivity contribution in [3.8, 4) is 11.1 Å². The Bertz CT molecular complexity index is 1110. The molecule has 2 fully saturated rings. The van der Waals surface area contributed by atoms with Gasteiger partial charge in [-0.3, -0.25) is 9.59 Å². The van der Waals surface area contributed by atoms with Crippen LogP contribution in [-0.4, -0.2) is 67.7 Å². The zero-order chi connectivity index (χ0) is 24.6. The van der Waals surface area contributed by atoms with Gasteiger partial charge < -0.3 is 30.0 Å². The topological polar surface area (TPSA) is 123 Å². The fraction of sp³-hybridized carbons (Fsp3) is 0.423. The van der Waals surface area contributed by atoms with Crippen LogP contribution in [0.3, 0.4) is 0 Å². The largest absolute Gasteiger partial charge is 0.481 e. The average Bonchev–Trinajstić information content (AvgIpc) is 3.55. The van der Waals surface area contributed by atoms with Crippen LogP contribution in [0.5, 0.6) is 0 Å². The molecule has 2 aromatic carbocycles. The van der Waals surface area contributed by atoms with E-state index in [1.807, 2.05) is 36.4 Å². The average molecular weight is 481 g/mol. The lowest BCUT2D eigenvalue weighted by atomic mass is 9.84. The first-order valence-electron chi connectivity index (χ1n) is 11.7. The zero-order valence-electron chi connectivity index (χ0n) is 19.4. The van der Waals surface area contributed by atoms with Crippen molar-refractivity contribution in [2.75, 3.05) is 33.0 Å². The molecule has 2 aromatic rings. The molecule has 0 radical (unpaired) electrons. The van der Waals surface area contributed by atoms with E-state index in [4.69, 9.17) is 14.2 Å². The molecule has 2 amide bonds. The number of carboxylic acid groups (broad SMARTS) is 1. The molecule has 184 valence electrons. The van der Waals surface area contributed by atoms with Gasteiger partial charge in [-0.25, -0.2) is 4.79 Å². The van der Waals surface area contributed by atoms with E-state index in [9.17, 15) is 19.5 Å². The number of hydrogen-bond acceptors (Lipinski definition) is 6. The number of alkyl carbamates (subject to hydrolysis) is 1. The predicted octanol–water partition coefficient (Wildman–Crippen LogP) is 2.29. The summed E-state index contributed by atoms with van der Waals surface area (Å²) in [6.45, 7) is 1.98. The molecular weight excluding hydrogens is 452 g/mol. The molecule has 9 heteroatoms. The minimum absolute atomic E-state index is 0.00339. The maximum absolute atomic E-state index is 13.2. The Hall–Kier alpha value is -3.43. The fourth-order valence-electron chi connectivity index (χ4n) is 5.11. The molecule has 0 bridgehead atoms. The second-order valence-corrected chi connectivity index (χ2v) is 9.60. The van der Waals surface area contributed by atoms with Gasteiger partial charge in [-0.2, -0.15) is 0 Å². The van der Waals surface area contributed by atoms with Crippen LogP contribution in [0.1, 0.15) is 30.4 Å². The van der Waals surface area contributed by atoms with E-state index in [1.54, 1.807) is 0 Å². The summed E-state index contributed by atoms with van der Waals surface area (Å²) in [5.74, 6) is -1.67. The van der Waals surface area contributed by atoms with Gasteiger partial charge in [-0.1, -0.05) is 48.5 Å². The summed E-state index contributed by atoms with van der Waals surface area (Å²) in [6.07, 6.45) is -0.475. The van der Waals surface area contributed by atoms with Crippen LogP contribution >= 0.6 is 0 Å². The van der Waals surface area contributed by atoms with Gasteiger partial charge in [0.2, 0.25) is 5.91 Å². The number of ether oxygens (including phenoxy) is 3. The summed E-state index contributed by atoms with van der Waals surface area (Å²) in [5, 5.41) is 15.1. The summed E-state index contributed by atoms with van der Waals surface area (Å²) in [4.78, 5) is 37.9. The Morgan fingerprint density at radius 1 is 1.03 bits per heavy atom. The number of hydrogen-bond donors (Lipinski definition) is 3. The first kappa shape index (κ1) is 23.3. The number of rotatable bonds is 6. The van der Waals surface area contributed by atoms with E-state index in [1.165, 1.54) is 6.92 Å². The molecule has 5 rings (SSSR count). The summed E-state index contributed by atoms with van der Waals surface area (Å²) in [7, 11) is 0. The van der Waals surface area contributed by atoms with Crippen molar-refractivity contribution in [2.24, 2.45) is 5.41 Å². The van der Waals surface area contributed by atoms with Gasteiger partial charge in [-0.15, -0.1) is 0 Å². The monoisotopic (exact) mass is 480 g/mol. The highest BCUT2D eigenvalue weighted by atomic mass is 16.6. The predicted molar refractivity (Wildman–Crippen MR) is 125 cm³/mol. The van der Waals surface area contributed by atoms with Crippen molar-refractivity contribution in [3.05, 3.63) is 59.7 Å². The number of carbonyl (C=O) groups is 3. The van der Waals surface area contributed by atoms with Crippen LogP contribution in [0, 0.1) is 5.41 Å². The van der Waals surface area contributed by atoms with Crippen molar-refractivity contribution in [3.63, 3.8) is 0 Å². The van der Waals surface area contributed by atoms with Gasteiger partial charge in [0, 0.05) is 18.9 Å². The van der Waals surface area contributed by atoms with Crippen LogP contribution in [-0.2, 0) is 23.8 Å². The molecule has 3 aliphatic rings. The molecule has 0 saturated carbocycles. The quantitative estimate of drug-likeness (QED) is 0.580. The van der Waals surface area contributed by atoms with Gasteiger partial charge in [0.1, 0.15) is 17.6 Å². The number of carboxylic acids is 1. The molecule has 35 heavy (non-hydrogen) atoms. The Kier molecular flexibility index (Phi) is 5.98. The third kappa shape index (κ3) is 4.04. The Balaban J connectivity index is 1.27. The first-order valence-corrected chi connectivity index (χ1v) is 11.7. The molecule has 0 aromatic heterocycles. The molecule has 3 atom stereocenters. The second kappa shape index (κ2) is 8.98. The molecular formula is C26H28N2O7. The summed E-state index contributed by atoms with van der Waals surface area (Å²) in [5.41, 5.74) is 1.83. The van der Waals surface area contributed by atoms with Gasteiger partial charge in [0.05, 0.1) is 25.9 Å². The number of benzene rings is 2. The Labute approximate surface area is 202 Å². The van der Waals surface area contributed by atoms with Gasteiger partial charge in [0.25, 0.3) is 0 Å². The minimum Gasteiger partial charge on any atom is -0.481 e. The fourth-order valence-corrected chi connectivity index (χ4v) is 5.11. The third-order valence-corrected chi connectivity index (χ3v) is 7.39. The lowest BCUT2D eigenvalue weighted by Crippen LogP contribution is -2.63. The van der Waals surface area contributed by atoms with E-state index < -0.39 is 35.0 Å². The van der Waals surface area contributed by atoms with Crippen molar-refractivity contribution in [2.45, 2.75) is 30.8 Å². The van der Waals surface area contributed by atoms with Crippen molar-refractivity contribution >= 4 is 18.0 Å². The molecule has 3 N–H and O–H groups in total. The van der Waals surface area contributed by atoms with Crippen LogP contribution in [0.25, 0.3) is 11.1 Å². The number of aliphatic carboxylic acids is 1. The van der Waals surface area contributed by atoms with E-state index in [0.717, 1.165) is 22.3 Å². The van der Waals surface area contributed by atoms with Crippen molar-refractivity contribution < 1.29 is 33.7 Å². The second-order valence-electron chi connectivity index (χ2n) is 9.60. The van der Waals surface area contributed by atoms with Crippen LogP contribution < -0.4 is 10.6 Å². The highest BCUT2D eigenvalue weighted by molar-refractivity contribution is 5.91. The Morgan fingerprint density at radius 2 is 1.69 bits per heavy atom. The summed E-state index contributed by atoms with van der Waals surface area (Å²) in [6, 6.07) is 15.3. The number of carbonyl (C=O) groups excluding carboxylic acids is 2. The van der Waals surface area contributed by atoms with E-state index >= 15 is 0 Å². The van der Waals surface area contributed by atoms with E-state index in [-0.39, 0.29) is 45.4 Å². The lowest BCUT2D eigenvalue weighted by molar-refractivity contribution is -0.149. The highest BCUT2D eigenvalue weighted by Gasteiger charge is 2.51. The minimum atomic E-state index is -1.34. The smallest absolute Gasteiger partial charge is 0.408 e. The summed E-state index contributed by atoms with van der Waals surface area (Å²) < 4.78 is 16.4. The maximum Gasteiger partial charge on any atom is 0.408 e. The molecule has 1 aliphatic carbocycles. The van der Waals surface area contributed by atoms with Gasteiger partial charge in [0.15, 0.2) is 0 Å². The highest BCUT2D eigenvalue weighted by Crippen LogP contribution is 2.44. The molecule has 2 aliphatic heterocycles. The maximum atomic E-state index is 13.2. The van der Waals surface area contributed by atoms with Crippen LogP contribution in [0.4, 0.5) is 4.79 Å². The first-order chi connectivity index (χ1) is 16.8. The molecule has 3 unspecified atom stereocenters. The molecule has 9 nitrogen and oxygen atoms in total. The van der Waals surface area contributed by atoms with Crippen molar-refractivity contribution in [1.82, 2.24) is 10.6 Å². The summed E-state index contributed by atoms with van der Waals surface area (Å²) >= 11 is 0. The SMILES string of the molecule is CC1(C(=O)O)COCC1NC(=O)C1(NC(=O)OCC2c3ccccc3-c3ccccc32)CCOC1. The lowest BCUT2D eigenvalue weighted by Gasteiger charge is -2.32. The normalized spacial score (nSPS) is 27.2. The van der Waals surface area contributed by atoms with E-state index in [0.29, 0.717) is 0 Å². The van der Waals surface area contributed by atoms with Crippen LogP contribution in [0.15, 0.2) is 48.5 Å². The van der Waals surface area contributed by atoms with Crippen LogP contribution in [0.2, 0.25) is 0 Å². The van der Waals surface area contributed by atoms with Gasteiger partial charge >= 0.3 is 12.1 Å². The zero-order valence-corrected chi connectivity index (χ0v) is 19.4. The van der Waals surface area contributed by atoms with E-state index in [2.05, 4.69) is 22.8 Å².